The molecule has 2 aliphatic rings. The first-order valence-corrected chi connectivity index (χ1v) is 11.3. The van der Waals surface area contributed by atoms with Gasteiger partial charge in [0.15, 0.2) is 5.96 Å². The molecule has 1 aliphatic carbocycles. The summed E-state index contributed by atoms with van der Waals surface area (Å²) < 4.78 is 34.1. The summed E-state index contributed by atoms with van der Waals surface area (Å²) in [4.78, 5) is 4.59. The van der Waals surface area contributed by atoms with Gasteiger partial charge in [-0.15, -0.1) is 24.0 Å². The summed E-state index contributed by atoms with van der Waals surface area (Å²) in [5.74, 6) is 1.55. The molecule has 2 N–H and O–H groups in total. The lowest BCUT2D eigenvalue weighted by atomic mass is 10.1. The van der Waals surface area contributed by atoms with E-state index in [1.165, 1.54) is 6.26 Å². The summed E-state index contributed by atoms with van der Waals surface area (Å²) >= 11 is 0. The molecule has 0 radical (unpaired) electrons. The molecule has 0 aromatic rings. The third-order valence-electron chi connectivity index (χ3n) is 4.58. The van der Waals surface area contributed by atoms with Gasteiger partial charge < -0.3 is 20.1 Å². The summed E-state index contributed by atoms with van der Waals surface area (Å²) in [6.07, 6.45) is 5.21. The highest BCUT2D eigenvalue weighted by molar-refractivity contribution is 14.0. The van der Waals surface area contributed by atoms with Crippen LogP contribution in [0, 0.1) is 11.3 Å². The molecule has 9 heteroatoms. The van der Waals surface area contributed by atoms with Gasteiger partial charge in [0.2, 0.25) is 0 Å². The lowest BCUT2D eigenvalue weighted by Gasteiger charge is -2.15. The SMILES string of the molecule is CCNC(=NCC1(CS(C)(=O)=O)CC1)NCCCOCC1CCOC1.I. The summed E-state index contributed by atoms with van der Waals surface area (Å²) in [5.41, 5.74) is -0.137. The van der Waals surface area contributed by atoms with Gasteiger partial charge in [-0.1, -0.05) is 0 Å². The molecule has 154 valence electrons. The number of sulfone groups is 1. The van der Waals surface area contributed by atoms with Crippen molar-refractivity contribution in [2.24, 2.45) is 16.3 Å². The van der Waals surface area contributed by atoms with Gasteiger partial charge in [-0.2, -0.15) is 0 Å². The van der Waals surface area contributed by atoms with E-state index >= 15 is 0 Å². The second-order valence-electron chi connectivity index (χ2n) is 7.35. The minimum atomic E-state index is -2.95. The number of aliphatic imine (C=N–C) groups is 1. The molecule has 1 unspecified atom stereocenters. The number of rotatable bonds is 11. The van der Waals surface area contributed by atoms with E-state index in [-0.39, 0.29) is 35.1 Å². The molecule has 1 atom stereocenters. The fourth-order valence-electron chi connectivity index (χ4n) is 3.02. The number of hydrogen-bond donors (Lipinski definition) is 2. The number of ether oxygens (including phenoxy) is 2. The van der Waals surface area contributed by atoms with Crippen LogP contribution in [0.15, 0.2) is 4.99 Å². The third-order valence-corrected chi connectivity index (χ3v) is 5.71. The van der Waals surface area contributed by atoms with Gasteiger partial charge in [0.1, 0.15) is 9.84 Å². The number of nitrogens with zero attached hydrogens (tertiary/aromatic N) is 1. The molecule has 0 aromatic heterocycles. The molecule has 1 heterocycles. The molecule has 26 heavy (non-hydrogen) atoms. The average Bonchev–Trinajstić information content (AvgIpc) is 3.08. The van der Waals surface area contributed by atoms with Gasteiger partial charge in [0.05, 0.1) is 19.0 Å². The first-order valence-electron chi connectivity index (χ1n) is 9.28. The molecule has 1 saturated heterocycles. The highest BCUT2D eigenvalue weighted by atomic mass is 127. The Morgan fingerprint density at radius 2 is 2.12 bits per heavy atom. The van der Waals surface area contributed by atoms with Crippen LogP contribution < -0.4 is 10.6 Å². The van der Waals surface area contributed by atoms with Crippen molar-refractivity contribution in [2.45, 2.75) is 32.6 Å². The molecule has 1 saturated carbocycles. The molecule has 0 amide bonds. The highest BCUT2D eigenvalue weighted by Gasteiger charge is 2.45. The van der Waals surface area contributed by atoms with Crippen LogP contribution in [0.1, 0.15) is 32.6 Å². The Morgan fingerprint density at radius 1 is 1.35 bits per heavy atom. The predicted octanol–water partition coefficient (Wildman–Crippen LogP) is 1.43. The second kappa shape index (κ2) is 11.7. The van der Waals surface area contributed by atoms with Crippen molar-refractivity contribution < 1.29 is 17.9 Å². The standard InChI is InChI=1S/C17H33N3O4S.HI/c1-3-18-16(20-13-17(6-7-17)14-25(2,21)22)19-8-4-9-23-11-15-5-10-24-12-15;/h15H,3-14H2,1-2H3,(H2,18,19,20);1H. The number of guanidine groups is 1. The van der Waals surface area contributed by atoms with Crippen LogP contribution in [0.3, 0.4) is 0 Å². The van der Waals surface area contributed by atoms with Gasteiger partial charge in [-0.05, 0) is 32.6 Å². The fourth-order valence-corrected chi connectivity index (χ4v) is 4.51. The zero-order chi connectivity index (χ0) is 18.2. The molecular weight excluding hydrogens is 469 g/mol. The van der Waals surface area contributed by atoms with Gasteiger partial charge in [0, 0.05) is 50.4 Å². The maximum absolute atomic E-state index is 11.5. The van der Waals surface area contributed by atoms with Crippen LogP contribution in [0.2, 0.25) is 0 Å². The zero-order valence-electron chi connectivity index (χ0n) is 16.0. The Morgan fingerprint density at radius 3 is 2.69 bits per heavy atom. The lowest BCUT2D eigenvalue weighted by Crippen LogP contribution is -2.38. The molecule has 7 nitrogen and oxygen atoms in total. The maximum Gasteiger partial charge on any atom is 0.191 e. The van der Waals surface area contributed by atoms with Crippen molar-refractivity contribution in [3.05, 3.63) is 0 Å². The van der Waals surface area contributed by atoms with E-state index in [1.54, 1.807) is 0 Å². The van der Waals surface area contributed by atoms with E-state index in [4.69, 9.17) is 9.47 Å². The Bertz CT molecular complexity index is 532. The van der Waals surface area contributed by atoms with Crippen LogP contribution in [0.25, 0.3) is 0 Å². The zero-order valence-corrected chi connectivity index (χ0v) is 19.1. The highest BCUT2D eigenvalue weighted by Crippen LogP contribution is 2.46. The van der Waals surface area contributed by atoms with Crippen molar-refractivity contribution in [1.82, 2.24) is 10.6 Å². The molecule has 1 aliphatic heterocycles. The third kappa shape index (κ3) is 9.70. The van der Waals surface area contributed by atoms with E-state index in [0.717, 1.165) is 71.2 Å². The van der Waals surface area contributed by atoms with E-state index in [2.05, 4.69) is 15.6 Å². The number of hydrogen-bond acceptors (Lipinski definition) is 5. The second-order valence-corrected chi connectivity index (χ2v) is 9.49. The first-order chi connectivity index (χ1) is 11.9. The molecule has 2 rings (SSSR count). The summed E-state index contributed by atoms with van der Waals surface area (Å²) in [5, 5.41) is 6.51. The van der Waals surface area contributed by atoms with E-state index in [1.807, 2.05) is 6.92 Å². The van der Waals surface area contributed by atoms with Crippen molar-refractivity contribution in [2.75, 3.05) is 58.1 Å². The van der Waals surface area contributed by atoms with Crippen LogP contribution in [-0.2, 0) is 19.3 Å². The van der Waals surface area contributed by atoms with Crippen LogP contribution in [-0.4, -0.2) is 72.4 Å². The Kier molecular flexibility index (Phi) is 10.7. The van der Waals surface area contributed by atoms with Crippen molar-refractivity contribution in [3.63, 3.8) is 0 Å². The normalized spacial score (nSPS) is 21.9. The van der Waals surface area contributed by atoms with Crippen molar-refractivity contribution >= 4 is 39.8 Å². The average molecular weight is 503 g/mol. The Balaban J connectivity index is 0.00000338. The summed E-state index contributed by atoms with van der Waals surface area (Å²) in [6, 6.07) is 0. The van der Waals surface area contributed by atoms with Gasteiger partial charge in [-0.25, -0.2) is 8.42 Å². The lowest BCUT2D eigenvalue weighted by molar-refractivity contribution is 0.0888. The van der Waals surface area contributed by atoms with Crippen molar-refractivity contribution in [1.29, 1.82) is 0 Å². The largest absolute Gasteiger partial charge is 0.381 e. The summed E-state index contributed by atoms with van der Waals surface area (Å²) in [7, 11) is -2.95. The molecule has 2 fully saturated rings. The predicted molar refractivity (Wildman–Crippen MR) is 115 cm³/mol. The smallest absolute Gasteiger partial charge is 0.191 e. The maximum atomic E-state index is 11.5. The Labute approximate surface area is 175 Å². The van der Waals surface area contributed by atoms with Gasteiger partial charge in [0.25, 0.3) is 0 Å². The molecule has 0 bridgehead atoms. The first kappa shape index (κ1) is 23.9. The minimum absolute atomic E-state index is 0. The van der Waals surface area contributed by atoms with Gasteiger partial charge >= 0.3 is 0 Å². The number of halogens is 1. The van der Waals surface area contributed by atoms with Crippen LogP contribution in [0.4, 0.5) is 0 Å². The van der Waals surface area contributed by atoms with Crippen LogP contribution >= 0.6 is 24.0 Å². The minimum Gasteiger partial charge on any atom is -0.381 e. The fraction of sp³-hybridized carbons (Fsp3) is 0.941. The molecular formula is C17H34IN3O4S. The topological polar surface area (TPSA) is 89.0 Å². The van der Waals surface area contributed by atoms with Crippen LogP contribution in [0.5, 0.6) is 0 Å². The molecule has 0 spiro atoms. The Hall–Kier alpha value is -0.130. The summed E-state index contributed by atoms with van der Waals surface area (Å²) in [6.45, 7) is 7.34. The van der Waals surface area contributed by atoms with E-state index in [0.29, 0.717) is 12.5 Å². The monoisotopic (exact) mass is 503 g/mol. The molecule has 0 aromatic carbocycles. The van der Waals surface area contributed by atoms with E-state index < -0.39 is 9.84 Å². The van der Waals surface area contributed by atoms with E-state index in [9.17, 15) is 8.42 Å². The van der Waals surface area contributed by atoms with Gasteiger partial charge in [-0.3, -0.25) is 4.99 Å². The number of nitrogens with one attached hydrogen (secondary N) is 2. The quantitative estimate of drug-likeness (QED) is 0.192. The van der Waals surface area contributed by atoms with Crippen molar-refractivity contribution in [3.8, 4) is 0 Å².